The van der Waals surface area contributed by atoms with Crippen molar-refractivity contribution in [1.82, 2.24) is 4.31 Å². The number of benzene rings is 2. The molecule has 0 aliphatic carbocycles. The Balaban J connectivity index is 0.00000364. The Bertz CT molecular complexity index is 829. The molecule has 0 radical (unpaired) electrons. The third-order valence-corrected chi connectivity index (χ3v) is 5.70. The fourth-order valence-electron chi connectivity index (χ4n) is 2.58. The number of carbonyl (C=O) groups excluding carboxylic acids is 1. The average Bonchev–Trinajstić information content (AvgIpc) is 2.65. The SMILES string of the molecule is COC(=O)c1cccc(CS(=O)(=O)N(CCCN)Cc2ccccc2)c1.Cl. The van der Waals surface area contributed by atoms with Gasteiger partial charge in [0.25, 0.3) is 0 Å². The minimum atomic E-state index is -3.57. The van der Waals surface area contributed by atoms with E-state index in [1.165, 1.54) is 11.4 Å². The lowest BCUT2D eigenvalue weighted by Gasteiger charge is -2.22. The van der Waals surface area contributed by atoms with Crippen molar-refractivity contribution in [2.75, 3.05) is 20.2 Å². The second-order valence-electron chi connectivity index (χ2n) is 5.91. The molecule has 0 atom stereocenters. The summed E-state index contributed by atoms with van der Waals surface area (Å²) in [6.45, 7) is 1.06. The summed E-state index contributed by atoms with van der Waals surface area (Å²) >= 11 is 0. The summed E-state index contributed by atoms with van der Waals surface area (Å²) in [5.74, 6) is -0.677. The van der Waals surface area contributed by atoms with Crippen molar-refractivity contribution < 1.29 is 17.9 Å². The van der Waals surface area contributed by atoms with E-state index in [4.69, 9.17) is 5.73 Å². The molecule has 0 saturated heterocycles. The van der Waals surface area contributed by atoms with E-state index in [-0.39, 0.29) is 18.2 Å². The van der Waals surface area contributed by atoms with Gasteiger partial charge in [-0.05, 0) is 36.2 Å². The highest BCUT2D eigenvalue weighted by Crippen LogP contribution is 2.16. The summed E-state index contributed by atoms with van der Waals surface area (Å²) in [6, 6.07) is 15.9. The molecule has 0 fully saturated rings. The van der Waals surface area contributed by atoms with E-state index >= 15 is 0 Å². The minimum absolute atomic E-state index is 0. The van der Waals surface area contributed by atoms with Gasteiger partial charge < -0.3 is 10.5 Å². The van der Waals surface area contributed by atoms with Crippen LogP contribution < -0.4 is 5.73 Å². The molecule has 0 amide bonds. The molecule has 2 rings (SSSR count). The fraction of sp³-hybridized carbons (Fsp3) is 0.316. The standard InChI is InChI=1S/C19H24N2O4S.ClH/c1-25-19(22)18-10-5-9-17(13-18)15-26(23,24)21(12-6-11-20)14-16-7-3-2-4-8-16;/h2-5,7-10,13H,6,11-12,14-15,20H2,1H3;1H. The van der Waals surface area contributed by atoms with Crippen molar-refractivity contribution in [3.05, 3.63) is 71.3 Å². The molecular formula is C19H25ClN2O4S. The molecule has 6 nitrogen and oxygen atoms in total. The van der Waals surface area contributed by atoms with Gasteiger partial charge in [-0.2, -0.15) is 4.31 Å². The van der Waals surface area contributed by atoms with Gasteiger partial charge in [0.1, 0.15) is 0 Å². The van der Waals surface area contributed by atoms with Crippen LogP contribution in [-0.2, 0) is 27.1 Å². The zero-order valence-electron chi connectivity index (χ0n) is 15.2. The van der Waals surface area contributed by atoms with Gasteiger partial charge in [0.2, 0.25) is 10.0 Å². The van der Waals surface area contributed by atoms with Crippen molar-refractivity contribution in [1.29, 1.82) is 0 Å². The Morgan fingerprint density at radius 2 is 1.74 bits per heavy atom. The van der Waals surface area contributed by atoms with Crippen LogP contribution in [0.3, 0.4) is 0 Å². The number of carbonyl (C=O) groups is 1. The molecule has 148 valence electrons. The topological polar surface area (TPSA) is 89.7 Å². The van der Waals surface area contributed by atoms with Gasteiger partial charge in [-0.1, -0.05) is 42.5 Å². The van der Waals surface area contributed by atoms with E-state index in [2.05, 4.69) is 4.74 Å². The number of methoxy groups -OCH3 is 1. The normalized spacial score (nSPS) is 11.1. The van der Waals surface area contributed by atoms with Gasteiger partial charge >= 0.3 is 5.97 Å². The lowest BCUT2D eigenvalue weighted by molar-refractivity contribution is 0.0600. The number of ether oxygens (including phenoxy) is 1. The summed E-state index contributed by atoms with van der Waals surface area (Å²) in [5, 5.41) is 0. The number of rotatable bonds is 9. The second kappa shape index (κ2) is 11.0. The van der Waals surface area contributed by atoms with Gasteiger partial charge in [-0.3, -0.25) is 0 Å². The highest BCUT2D eigenvalue weighted by atomic mass is 35.5. The zero-order valence-corrected chi connectivity index (χ0v) is 16.8. The van der Waals surface area contributed by atoms with Gasteiger partial charge in [-0.15, -0.1) is 12.4 Å². The predicted octanol–water partition coefficient (Wildman–Crippen LogP) is 2.58. The first-order valence-corrected chi connectivity index (χ1v) is 9.96. The van der Waals surface area contributed by atoms with Crippen molar-refractivity contribution in [2.45, 2.75) is 18.7 Å². The molecule has 0 spiro atoms. The number of nitrogens with zero attached hydrogens (tertiary/aromatic N) is 1. The Morgan fingerprint density at radius 3 is 2.37 bits per heavy atom. The van der Waals surface area contributed by atoms with Crippen LogP contribution in [0.15, 0.2) is 54.6 Å². The molecule has 8 heteroatoms. The van der Waals surface area contributed by atoms with Crippen LogP contribution in [0.4, 0.5) is 0 Å². The van der Waals surface area contributed by atoms with Crippen molar-refractivity contribution in [3.8, 4) is 0 Å². The van der Waals surface area contributed by atoms with E-state index in [0.29, 0.717) is 37.2 Å². The Labute approximate surface area is 166 Å². The maximum absolute atomic E-state index is 12.9. The van der Waals surface area contributed by atoms with Crippen molar-refractivity contribution in [3.63, 3.8) is 0 Å². The maximum atomic E-state index is 12.9. The zero-order chi connectivity index (χ0) is 19.0. The molecule has 27 heavy (non-hydrogen) atoms. The monoisotopic (exact) mass is 412 g/mol. The third-order valence-electron chi connectivity index (χ3n) is 3.90. The minimum Gasteiger partial charge on any atom is -0.465 e. The lowest BCUT2D eigenvalue weighted by atomic mass is 10.1. The summed E-state index contributed by atoms with van der Waals surface area (Å²) < 4.78 is 32.0. The first kappa shape index (κ1) is 23.1. The van der Waals surface area contributed by atoms with E-state index < -0.39 is 16.0 Å². The molecule has 2 aromatic rings. The molecule has 0 saturated carbocycles. The number of nitrogens with two attached hydrogens (primary N) is 1. The van der Waals surface area contributed by atoms with Gasteiger partial charge in [0, 0.05) is 13.1 Å². The van der Waals surface area contributed by atoms with Crippen LogP contribution >= 0.6 is 12.4 Å². The third kappa shape index (κ3) is 6.95. The quantitative estimate of drug-likeness (QED) is 0.639. The van der Waals surface area contributed by atoms with E-state index in [9.17, 15) is 13.2 Å². The van der Waals surface area contributed by atoms with E-state index in [0.717, 1.165) is 5.56 Å². The highest BCUT2D eigenvalue weighted by Gasteiger charge is 2.23. The number of esters is 1. The van der Waals surface area contributed by atoms with Crippen LogP contribution in [0.25, 0.3) is 0 Å². The van der Waals surface area contributed by atoms with Gasteiger partial charge in [0.15, 0.2) is 0 Å². The summed E-state index contributed by atoms with van der Waals surface area (Å²) in [7, 11) is -2.28. The molecule has 0 aliphatic heterocycles. The Morgan fingerprint density at radius 1 is 1.07 bits per heavy atom. The van der Waals surface area contributed by atoms with Crippen LogP contribution in [0, 0.1) is 0 Å². The predicted molar refractivity (Wildman–Crippen MR) is 108 cm³/mol. The molecule has 2 N–H and O–H groups in total. The van der Waals surface area contributed by atoms with Gasteiger partial charge in [0.05, 0.1) is 18.4 Å². The Kier molecular flexibility index (Phi) is 9.45. The Hall–Kier alpha value is -1.93. The molecule has 0 heterocycles. The van der Waals surface area contributed by atoms with Crippen LogP contribution in [0.2, 0.25) is 0 Å². The second-order valence-corrected chi connectivity index (χ2v) is 7.88. The maximum Gasteiger partial charge on any atom is 0.337 e. The largest absolute Gasteiger partial charge is 0.465 e. The molecule has 0 unspecified atom stereocenters. The number of hydrogen-bond donors (Lipinski definition) is 1. The fourth-order valence-corrected chi connectivity index (χ4v) is 4.12. The van der Waals surface area contributed by atoms with E-state index in [1.54, 1.807) is 24.3 Å². The molecule has 0 bridgehead atoms. The number of halogens is 1. The number of hydrogen-bond acceptors (Lipinski definition) is 5. The van der Waals surface area contributed by atoms with Crippen LogP contribution in [0.5, 0.6) is 0 Å². The molecule has 2 aromatic carbocycles. The molecule has 0 aromatic heterocycles. The van der Waals surface area contributed by atoms with E-state index in [1.807, 2.05) is 30.3 Å². The summed E-state index contributed by atoms with van der Waals surface area (Å²) in [4.78, 5) is 11.7. The van der Waals surface area contributed by atoms with Crippen molar-refractivity contribution in [2.24, 2.45) is 5.73 Å². The highest BCUT2D eigenvalue weighted by molar-refractivity contribution is 7.88. The van der Waals surface area contributed by atoms with Crippen LogP contribution in [-0.4, -0.2) is 38.9 Å². The van der Waals surface area contributed by atoms with Gasteiger partial charge in [-0.25, -0.2) is 13.2 Å². The van der Waals surface area contributed by atoms with Crippen molar-refractivity contribution >= 4 is 28.4 Å². The smallest absolute Gasteiger partial charge is 0.337 e. The molecular weight excluding hydrogens is 388 g/mol. The lowest BCUT2D eigenvalue weighted by Crippen LogP contribution is -2.33. The molecule has 0 aliphatic rings. The average molecular weight is 413 g/mol. The summed E-state index contributed by atoms with van der Waals surface area (Å²) in [5.41, 5.74) is 7.35. The number of sulfonamides is 1. The van der Waals surface area contributed by atoms with Crippen LogP contribution in [0.1, 0.15) is 27.9 Å². The first-order chi connectivity index (χ1) is 12.5. The first-order valence-electron chi connectivity index (χ1n) is 8.35. The summed E-state index contributed by atoms with van der Waals surface area (Å²) in [6.07, 6.45) is 0.578.